The van der Waals surface area contributed by atoms with E-state index in [1.807, 2.05) is 26.8 Å². The standard InChI is InChI=1S/C17H24N2O5/c1-16(2,3)23-14(20)15-22-13-10-18-8-6-17(13,24-15)12-9-11(21-4)5-7-19-12/h5,7,9,13,15,18H,6,8,10H2,1-4H3/t13-,15?,17-/m1/s1. The molecule has 0 aromatic carbocycles. The highest BCUT2D eigenvalue weighted by Gasteiger charge is 2.55. The molecular weight excluding hydrogens is 312 g/mol. The minimum atomic E-state index is -1.05. The summed E-state index contributed by atoms with van der Waals surface area (Å²) in [5.74, 6) is 0.176. The van der Waals surface area contributed by atoms with Crippen molar-refractivity contribution in [2.45, 2.75) is 50.8 Å². The van der Waals surface area contributed by atoms with Crippen molar-refractivity contribution in [3.05, 3.63) is 24.0 Å². The second-order valence-electron chi connectivity index (χ2n) is 7.03. The molecule has 3 rings (SSSR count). The summed E-state index contributed by atoms with van der Waals surface area (Å²) >= 11 is 0. The third-order valence-corrected chi connectivity index (χ3v) is 4.13. The molecule has 0 aliphatic carbocycles. The lowest BCUT2D eigenvalue weighted by molar-refractivity contribution is -0.190. The Morgan fingerprint density at radius 3 is 2.96 bits per heavy atom. The summed E-state index contributed by atoms with van der Waals surface area (Å²) in [6.45, 7) is 6.77. The molecule has 0 bridgehead atoms. The van der Waals surface area contributed by atoms with Crippen molar-refractivity contribution in [2.75, 3.05) is 20.2 Å². The first-order valence-corrected chi connectivity index (χ1v) is 8.11. The summed E-state index contributed by atoms with van der Waals surface area (Å²) in [5, 5.41) is 3.27. The third kappa shape index (κ3) is 3.24. The third-order valence-electron chi connectivity index (χ3n) is 4.13. The second-order valence-corrected chi connectivity index (χ2v) is 7.03. The first-order chi connectivity index (χ1) is 11.3. The quantitative estimate of drug-likeness (QED) is 0.835. The number of fused-ring (bicyclic) bond motifs is 1. The monoisotopic (exact) mass is 336 g/mol. The van der Waals surface area contributed by atoms with Crippen LogP contribution in [0.4, 0.5) is 0 Å². The van der Waals surface area contributed by atoms with E-state index in [4.69, 9.17) is 18.9 Å². The number of hydrogen-bond donors (Lipinski definition) is 1. The van der Waals surface area contributed by atoms with Crippen LogP contribution < -0.4 is 10.1 Å². The van der Waals surface area contributed by atoms with Crippen LogP contribution in [0.2, 0.25) is 0 Å². The molecule has 1 N–H and O–H groups in total. The highest BCUT2D eigenvalue weighted by atomic mass is 16.8. The number of pyridine rings is 1. The largest absolute Gasteiger partial charge is 0.497 e. The Balaban J connectivity index is 1.88. The second kappa shape index (κ2) is 6.31. The van der Waals surface area contributed by atoms with Crippen LogP contribution in [0.5, 0.6) is 5.75 Å². The van der Waals surface area contributed by atoms with Gasteiger partial charge in [0.2, 0.25) is 0 Å². The van der Waals surface area contributed by atoms with Crippen LogP contribution in [0.15, 0.2) is 18.3 Å². The van der Waals surface area contributed by atoms with Gasteiger partial charge in [0, 0.05) is 18.8 Å². The highest BCUT2D eigenvalue weighted by Crippen LogP contribution is 2.43. The predicted molar refractivity (Wildman–Crippen MR) is 85.5 cm³/mol. The fraction of sp³-hybridized carbons (Fsp3) is 0.647. The van der Waals surface area contributed by atoms with Gasteiger partial charge in [-0.15, -0.1) is 0 Å². The molecule has 3 atom stereocenters. The predicted octanol–water partition coefficient (Wildman–Crippen LogP) is 1.36. The average molecular weight is 336 g/mol. The molecule has 3 heterocycles. The molecule has 1 unspecified atom stereocenters. The summed E-state index contributed by atoms with van der Waals surface area (Å²) in [5.41, 5.74) is -0.669. The van der Waals surface area contributed by atoms with Gasteiger partial charge in [-0.05, 0) is 39.8 Å². The number of rotatable bonds is 3. The fourth-order valence-electron chi connectivity index (χ4n) is 3.07. The van der Waals surface area contributed by atoms with Gasteiger partial charge >= 0.3 is 5.97 Å². The number of piperidine rings is 1. The van der Waals surface area contributed by atoms with Crippen molar-refractivity contribution in [3.63, 3.8) is 0 Å². The van der Waals surface area contributed by atoms with Gasteiger partial charge in [-0.3, -0.25) is 4.98 Å². The molecule has 2 aliphatic rings. The number of hydrogen-bond acceptors (Lipinski definition) is 7. The van der Waals surface area contributed by atoms with Crippen LogP contribution >= 0.6 is 0 Å². The molecule has 1 aromatic rings. The first kappa shape index (κ1) is 17.1. The van der Waals surface area contributed by atoms with E-state index >= 15 is 0 Å². The van der Waals surface area contributed by atoms with E-state index in [0.717, 1.165) is 6.54 Å². The summed E-state index contributed by atoms with van der Waals surface area (Å²) in [6, 6.07) is 3.61. The molecule has 0 radical (unpaired) electrons. The number of methoxy groups -OCH3 is 1. The Kier molecular flexibility index (Phi) is 4.50. The molecule has 0 spiro atoms. The van der Waals surface area contributed by atoms with E-state index in [0.29, 0.717) is 24.4 Å². The van der Waals surface area contributed by atoms with Crippen molar-refractivity contribution in [1.29, 1.82) is 0 Å². The van der Waals surface area contributed by atoms with Gasteiger partial charge in [-0.1, -0.05) is 0 Å². The van der Waals surface area contributed by atoms with E-state index in [-0.39, 0.29) is 6.10 Å². The number of nitrogens with one attached hydrogen (secondary N) is 1. The fourth-order valence-corrected chi connectivity index (χ4v) is 3.07. The Morgan fingerprint density at radius 1 is 1.46 bits per heavy atom. The Labute approximate surface area is 141 Å². The number of carbonyl (C=O) groups is 1. The van der Waals surface area contributed by atoms with Gasteiger partial charge in [0.15, 0.2) is 0 Å². The topological polar surface area (TPSA) is 78.9 Å². The number of carbonyl (C=O) groups excluding carboxylic acids is 1. The van der Waals surface area contributed by atoms with Crippen molar-refractivity contribution in [1.82, 2.24) is 10.3 Å². The Hall–Kier alpha value is -1.70. The molecule has 0 saturated carbocycles. The maximum atomic E-state index is 12.4. The number of esters is 1. The lowest BCUT2D eigenvalue weighted by Gasteiger charge is -2.36. The molecule has 2 aliphatic heterocycles. The van der Waals surface area contributed by atoms with Crippen LogP contribution in [0.1, 0.15) is 32.9 Å². The van der Waals surface area contributed by atoms with Crippen LogP contribution in [-0.4, -0.2) is 49.1 Å². The molecule has 7 heteroatoms. The Morgan fingerprint density at radius 2 is 2.25 bits per heavy atom. The van der Waals surface area contributed by atoms with Crippen LogP contribution in [0.25, 0.3) is 0 Å². The van der Waals surface area contributed by atoms with Gasteiger partial charge in [-0.2, -0.15) is 0 Å². The lowest BCUT2D eigenvalue weighted by Crippen LogP contribution is -2.50. The molecule has 7 nitrogen and oxygen atoms in total. The van der Waals surface area contributed by atoms with Crippen molar-refractivity contribution < 1.29 is 23.7 Å². The molecular formula is C17H24N2O5. The van der Waals surface area contributed by atoms with Crippen molar-refractivity contribution in [2.24, 2.45) is 0 Å². The summed E-state index contributed by atoms with van der Waals surface area (Å²) in [7, 11) is 1.60. The minimum absolute atomic E-state index is 0.316. The van der Waals surface area contributed by atoms with Crippen molar-refractivity contribution in [3.8, 4) is 5.75 Å². The van der Waals surface area contributed by atoms with Gasteiger partial charge in [0.1, 0.15) is 23.1 Å². The van der Waals surface area contributed by atoms with E-state index in [2.05, 4.69) is 10.3 Å². The Bertz CT molecular complexity index is 615. The van der Waals surface area contributed by atoms with Gasteiger partial charge < -0.3 is 24.3 Å². The highest BCUT2D eigenvalue weighted by molar-refractivity contribution is 5.74. The van der Waals surface area contributed by atoms with Gasteiger partial charge in [0.25, 0.3) is 6.29 Å². The normalized spacial score (nSPS) is 29.8. The summed E-state index contributed by atoms with van der Waals surface area (Å²) in [4.78, 5) is 16.8. The summed E-state index contributed by atoms with van der Waals surface area (Å²) in [6.07, 6.45) is 0.953. The molecule has 0 amide bonds. The van der Waals surface area contributed by atoms with Gasteiger partial charge in [-0.25, -0.2) is 4.79 Å². The lowest BCUT2D eigenvalue weighted by atomic mass is 9.86. The minimum Gasteiger partial charge on any atom is -0.497 e. The van der Waals surface area contributed by atoms with E-state index < -0.39 is 23.5 Å². The number of ether oxygens (including phenoxy) is 4. The van der Waals surface area contributed by atoms with Crippen LogP contribution in [0.3, 0.4) is 0 Å². The zero-order valence-electron chi connectivity index (χ0n) is 14.5. The number of nitrogens with zero attached hydrogens (tertiary/aromatic N) is 1. The number of aromatic nitrogens is 1. The first-order valence-electron chi connectivity index (χ1n) is 8.11. The zero-order valence-corrected chi connectivity index (χ0v) is 14.5. The van der Waals surface area contributed by atoms with E-state index in [1.54, 1.807) is 19.4 Å². The molecule has 132 valence electrons. The SMILES string of the molecule is COc1ccnc([C@]23CCNC[C@H]2OC(C(=O)OC(C)(C)C)O3)c1. The summed E-state index contributed by atoms with van der Waals surface area (Å²) < 4.78 is 22.6. The van der Waals surface area contributed by atoms with Crippen molar-refractivity contribution >= 4 is 5.97 Å². The zero-order chi connectivity index (χ0) is 17.4. The molecule has 24 heavy (non-hydrogen) atoms. The van der Waals surface area contributed by atoms with Crippen LogP contribution in [0, 0.1) is 0 Å². The smallest absolute Gasteiger partial charge is 0.364 e. The molecule has 2 fully saturated rings. The van der Waals surface area contributed by atoms with Crippen LogP contribution in [-0.2, 0) is 24.6 Å². The average Bonchev–Trinajstić information content (AvgIpc) is 2.94. The molecule has 1 aromatic heterocycles. The van der Waals surface area contributed by atoms with E-state index in [9.17, 15) is 4.79 Å². The molecule has 2 saturated heterocycles. The maximum Gasteiger partial charge on any atom is 0.364 e. The van der Waals surface area contributed by atoms with E-state index in [1.165, 1.54) is 0 Å². The van der Waals surface area contributed by atoms with Gasteiger partial charge in [0.05, 0.1) is 12.8 Å². The maximum absolute atomic E-state index is 12.4.